The molecular formula is C51H74N12O10. The SMILES string of the molecule is CN[C@@H](CO)C(=O)N[C@H](C(=O)N1C[C@@H](NC(=O)c2cc(C(=O)N[C@H]3C[C@@H](C(=O)N[C@H](C)c4ccccc4)N(C(=O)[C@@H](NC(=O)[C@H](CO)NC)C(C)(C)C)C3)[nH]n2)C[C@H]1C(=O)N[C@H](C)c1ccccc1)C(C)(C)C. The zero-order chi connectivity index (χ0) is 53.9. The summed E-state index contributed by atoms with van der Waals surface area (Å²) < 4.78 is 0. The molecule has 73 heavy (non-hydrogen) atoms. The molecule has 0 saturated carbocycles. The normalized spacial score (nSPS) is 20.4. The van der Waals surface area contributed by atoms with Crippen LogP contribution in [0.2, 0.25) is 0 Å². The fourth-order valence-corrected chi connectivity index (χ4v) is 8.94. The molecule has 8 amide bonds. The van der Waals surface area contributed by atoms with Crippen molar-refractivity contribution < 1.29 is 48.6 Å². The van der Waals surface area contributed by atoms with Crippen LogP contribution in [0.15, 0.2) is 66.7 Å². The first kappa shape index (κ1) is 57.2. The summed E-state index contributed by atoms with van der Waals surface area (Å²) in [5.74, 6) is -4.75. The van der Waals surface area contributed by atoms with Crippen molar-refractivity contribution in [2.75, 3.05) is 40.4 Å². The molecule has 2 fully saturated rings. The molecule has 0 unspecified atom stereocenters. The maximum atomic E-state index is 14.5. The number of benzene rings is 2. The topological polar surface area (TPSA) is 308 Å². The Bertz CT molecular complexity index is 2250. The molecule has 22 heteroatoms. The molecule has 0 aliphatic carbocycles. The highest BCUT2D eigenvalue weighted by atomic mass is 16.3. The van der Waals surface area contributed by atoms with E-state index in [1.165, 1.54) is 30.0 Å². The van der Waals surface area contributed by atoms with E-state index in [1.807, 2.05) is 60.7 Å². The number of amides is 8. The van der Waals surface area contributed by atoms with Crippen LogP contribution >= 0.6 is 0 Å². The molecule has 398 valence electrons. The number of nitrogens with zero attached hydrogens (tertiary/aromatic N) is 3. The Labute approximate surface area is 426 Å². The Balaban J connectivity index is 1.34. The Kier molecular flexibility index (Phi) is 19.4. The molecule has 2 saturated heterocycles. The maximum absolute atomic E-state index is 14.5. The lowest BCUT2D eigenvalue weighted by atomic mass is 9.85. The summed E-state index contributed by atoms with van der Waals surface area (Å²) in [6, 6.07) is 10.9. The van der Waals surface area contributed by atoms with Gasteiger partial charge in [-0.15, -0.1) is 0 Å². The number of hydrogen-bond donors (Lipinski definition) is 11. The Hall–Kier alpha value is -6.75. The first-order chi connectivity index (χ1) is 34.4. The van der Waals surface area contributed by atoms with Gasteiger partial charge in [0.15, 0.2) is 5.69 Å². The molecule has 0 bridgehead atoms. The lowest BCUT2D eigenvalue weighted by Gasteiger charge is -2.36. The number of aromatic amines is 1. The number of carbonyl (C=O) groups is 8. The fourth-order valence-electron chi connectivity index (χ4n) is 8.94. The molecule has 1 aromatic heterocycles. The number of likely N-dealkylation sites (tertiary alicyclic amines) is 2. The van der Waals surface area contributed by atoms with Crippen LogP contribution < -0.4 is 42.5 Å². The summed E-state index contributed by atoms with van der Waals surface area (Å²) in [5.41, 5.74) is -0.345. The van der Waals surface area contributed by atoms with E-state index in [4.69, 9.17) is 0 Å². The number of hydrogen-bond acceptors (Lipinski definition) is 13. The third kappa shape index (κ3) is 14.5. The highest BCUT2D eigenvalue weighted by Gasteiger charge is 2.48. The minimum atomic E-state index is -1.14. The highest BCUT2D eigenvalue weighted by molar-refractivity contribution is 5.99. The van der Waals surface area contributed by atoms with Crippen LogP contribution in [-0.4, -0.2) is 166 Å². The first-order valence-corrected chi connectivity index (χ1v) is 24.6. The lowest BCUT2D eigenvalue weighted by molar-refractivity contribution is -0.144. The largest absolute Gasteiger partial charge is 0.394 e. The van der Waals surface area contributed by atoms with Crippen molar-refractivity contribution in [3.63, 3.8) is 0 Å². The standard InChI is InChI=1S/C51H74N12O10/c1-28(30-17-13-11-14-18-30)54-46(70)38-21-32(24-62(38)48(72)40(50(3,4)5)58-44(68)36(26-64)52-9)56-42(66)34-23-35(61-60-34)43(67)57-33-22-39(47(71)55-29(2)31-19-15-12-16-20-31)63(25-33)49(73)41(51(6,7)8)59-45(69)37(27-65)53-10/h11-20,23,28-29,32-33,36-41,52-53,64-65H,21-22,24-27H2,1-10H3,(H,54,70)(H,55,71)(H,56,66)(H,57,67)(H,58,68)(H,59,69)(H,60,61)/t28-,29-,32+,33+,36+,37+,38+,39+,40-,41-/m1/s1. The van der Waals surface area contributed by atoms with Crippen molar-refractivity contribution >= 4 is 47.3 Å². The van der Waals surface area contributed by atoms with Gasteiger partial charge in [-0.2, -0.15) is 5.10 Å². The van der Waals surface area contributed by atoms with Crippen molar-refractivity contribution in [1.29, 1.82) is 0 Å². The number of aliphatic hydroxyl groups is 2. The van der Waals surface area contributed by atoms with E-state index in [2.05, 4.69) is 52.7 Å². The summed E-state index contributed by atoms with van der Waals surface area (Å²) >= 11 is 0. The molecule has 2 aliphatic rings. The molecule has 5 rings (SSSR count). The number of H-pyrrole nitrogens is 1. The third-order valence-electron chi connectivity index (χ3n) is 13.3. The molecule has 0 radical (unpaired) electrons. The second-order valence-electron chi connectivity index (χ2n) is 20.9. The fraction of sp³-hybridized carbons (Fsp3) is 0.549. The summed E-state index contributed by atoms with van der Waals surface area (Å²) in [6.07, 6.45) is -0.00384. The van der Waals surface area contributed by atoms with Crippen molar-refractivity contribution in [2.24, 2.45) is 10.8 Å². The number of aromatic nitrogens is 2. The Morgan fingerprint density at radius 3 is 1.36 bits per heavy atom. The smallest absolute Gasteiger partial charge is 0.272 e. The second-order valence-corrected chi connectivity index (χ2v) is 20.9. The van der Waals surface area contributed by atoms with Gasteiger partial charge in [0.25, 0.3) is 11.8 Å². The molecule has 3 aromatic rings. The van der Waals surface area contributed by atoms with Gasteiger partial charge in [-0.1, -0.05) is 102 Å². The summed E-state index contributed by atoms with van der Waals surface area (Å²) in [4.78, 5) is 114. The van der Waals surface area contributed by atoms with E-state index in [-0.39, 0.29) is 37.3 Å². The first-order valence-electron chi connectivity index (χ1n) is 24.6. The van der Waals surface area contributed by atoms with Gasteiger partial charge >= 0.3 is 0 Å². The maximum Gasteiger partial charge on any atom is 0.272 e. The van der Waals surface area contributed by atoms with E-state index >= 15 is 0 Å². The zero-order valence-electron chi connectivity index (χ0n) is 43.4. The summed E-state index contributed by atoms with van der Waals surface area (Å²) in [5, 5.41) is 48.8. The molecule has 10 atom stereocenters. The molecule has 11 N–H and O–H groups in total. The van der Waals surface area contributed by atoms with E-state index in [9.17, 15) is 48.6 Å². The van der Waals surface area contributed by atoms with Crippen LogP contribution in [0.5, 0.6) is 0 Å². The van der Waals surface area contributed by atoms with Crippen LogP contribution in [0.3, 0.4) is 0 Å². The Morgan fingerprint density at radius 1 is 0.616 bits per heavy atom. The third-order valence-corrected chi connectivity index (χ3v) is 13.3. The average Bonchev–Trinajstić information content (AvgIpc) is 4.12. The van der Waals surface area contributed by atoms with Gasteiger partial charge in [-0.05, 0) is 62.7 Å². The number of carbonyl (C=O) groups excluding carboxylic acids is 8. The monoisotopic (exact) mass is 1010 g/mol. The summed E-state index contributed by atoms with van der Waals surface area (Å²) in [7, 11) is 3.00. The van der Waals surface area contributed by atoms with Crippen LogP contribution in [-0.2, 0) is 28.8 Å². The van der Waals surface area contributed by atoms with Crippen molar-refractivity contribution in [2.45, 2.75) is 129 Å². The molecule has 0 spiro atoms. The second kappa shape index (κ2) is 24.8. The van der Waals surface area contributed by atoms with Crippen LogP contribution in [0.25, 0.3) is 0 Å². The van der Waals surface area contributed by atoms with Crippen LogP contribution in [0.4, 0.5) is 0 Å². The quantitative estimate of drug-likeness (QED) is 0.0699. The van der Waals surface area contributed by atoms with Crippen LogP contribution in [0, 0.1) is 10.8 Å². The predicted octanol–water partition coefficient (Wildman–Crippen LogP) is -0.214. The molecule has 2 aromatic carbocycles. The zero-order valence-corrected chi connectivity index (χ0v) is 43.4. The molecular weight excluding hydrogens is 941 g/mol. The van der Waals surface area contributed by atoms with Crippen molar-refractivity contribution in [1.82, 2.24) is 62.5 Å². The van der Waals surface area contributed by atoms with Crippen LogP contribution in [0.1, 0.15) is 112 Å². The number of likely N-dealkylation sites (N-methyl/N-ethyl adjacent to an activating group) is 2. The average molecular weight is 1020 g/mol. The van der Waals surface area contributed by atoms with Gasteiger partial charge in [-0.25, -0.2) is 0 Å². The van der Waals surface area contributed by atoms with Gasteiger partial charge in [-0.3, -0.25) is 43.5 Å². The number of nitrogens with one attached hydrogen (secondary N) is 9. The van der Waals surface area contributed by atoms with Crippen molar-refractivity contribution in [3.05, 3.63) is 89.2 Å². The minimum Gasteiger partial charge on any atom is -0.394 e. The highest BCUT2D eigenvalue weighted by Crippen LogP contribution is 2.29. The van der Waals surface area contributed by atoms with E-state index in [1.54, 1.807) is 55.4 Å². The van der Waals surface area contributed by atoms with E-state index in [0.29, 0.717) is 0 Å². The van der Waals surface area contributed by atoms with Gasteiger partial charge in [0.1, 0.15) is 41.9 Å². The lowest BCUT2D eigenvalue weighted by Crippen LogP contribution is -2.60. The predicted molar refractivity (Wildman–Crippen MR) is 270 cm³/mol. The molecule has 2 aliphatic heterocycles. The number of aliphatic hydroxyl groups excluding tert-OH is 2. The van der Waals surface area contributed by atoms with Gasteiger partial charge in [0.05, 0.1) is 25.3 Å². The molecule has 22 nitrogen and oxygen atoms in total. The van der Waals surface area contributed by atoms with Gasteiger partial charge < -0.3 is 62.5 Å². The van der Waals surface area contributed by atoms with E-state index < -0.39 is 132 Å². The Morgan fingerprint density at radius 2 is 1.00 bits per heavy atom. The summed E-state index contributed by atoms with van der Waals surface area (Å²) in [6.45, 7) is 12.9. The minimum absolute atomic E-state index is 0.0000751. The molecule has 3 heterocycles. The van der Waals surface area contributed by atoms with Crippen molar-refractivity contribution in [3.8, 4) is 0 Å². The van der Waals surface area contributed by atoms with Gasteiger partial charge in [0.2, 0.25) is 35.4 Å². The van der Waals surface area contributed by atoms with Gasteiger partial charge in [0, 0.05) is 31.2 Å². The number of rotatable bonds is 20. The van der Waals surface area contributed by atoms with E-state index in [0.717, 1.165) is 11.1 Å².